The van der Waals surface area contributed by atoms with Gasteiger partial charge in [-0.3, -0.25) is 4.79 Å². The molecule has 0 amide bonds. The lowest BCUT2D eigenvalue weighted by molar-refractivity contribution is 0.378. The maximum Gasteiger partial charge on any atom is 0.291 e. The minimum Gasteiger partial charge on any atom is -0.365 e. The molecule has 1 aromatic rings. The number of anilines is 1. The second-order valence-corrected chi connectivity index (χ2v) is 7.06. The number of rotatable bonds is 7. The van der Waals surface area contributed by atoms with Crippen LogP contribution in [0.5, 0.6) is 0 Å². The van der Waals surface area contributed by atoms with Gasteiger partial charge in [-0.25, -0.2) is 4.68 Å². The molecule has 0 saturated heterocycles. The molecule has 1 fully saturated rings. The molecule has 0 bridgehead atoms. The Hall–Kier alpha value is -1.07. The average Bonchev–Trinajstić information content (AvgIpc) is 3.25. The maximum absolute atomic E-state index is 12.7. The van der Waals surface area contributed by atoms with E-state index in [-0.39, 0.29) is 11.0 Å². The van der Waals surface area contributed by atoms with Crippen LogP contribution in [0.2, 0.25) is 5.02 Å². The Bertz CT molecular complexity index is 551. The van der Waals surface area contributed by atoms with Crippen molar-refractivity contribution in [3.8, 4) is 0 Å². The molecule has 1 heterocycles. The van der Waals surface area contributed by atoms with Gasteiger partial charge in [-0.2, -0.15) is 5.10 Å². The molecule has 0 atom stereocenters. The van der Waals surface area contributed by atoms with Crippen LogP contribution in [0.1, 0.15) is 33.6 Å². The summed E-state index contributed by atoms with van der Waals surface area (Å²) in [7, 11) is 0. The van der Waals surface area contributed by atoms with Crippen molar-refractivity contribution in [2.75, 3.05) is 24.5 Å². The molecule has 1 aliphatic carbocycles. The molecule has 1 aliphatic rings. The molecule has 6 heteroatoms. The molecule has 2 N–H and O–H groups in total. The standard InChI is InChI=1S/C15H25ClN4O/c1-4-19(10-15(2,3)9-17)13-12(16)7-18-20(14(13)21)8-11-5-6-11/h7,11H,4-6,8-10,17H2,1-3H3. The number of hydrogen-bond acceptors (Lipinski definition) is 4. The third kappa shape index (κ3) is 3.98. The first-order valence-corrected chi connectivity index (χ1v) is 7.96. The molecular formula is C15H25ClN4O. The monoisotopic (exact) mass is 312 g/mol. The molecule has 5 nitrogen and oxygen atoms in total. The Kier molecular flexibility index (Phi) is 4.94. The van der Waals surface area contributed by atoms with Crippen molar-refractivity contribution in [1.29, 1.82) is 0 Å². The number of aromatic nitrogens is 2. The van der Waals surface area contributed by atoms with Gasteiger partial charge in [0.15, 0.2) is 0 Å². The van der Waals surface area contributed by atoms with E-state index < -0.39 is 0 Å². The molecule has 1 saturated carbocycles. The zero-order valence-electron chi connectivity index (χ0n) is 13.1. The minimum absolute atomic E-state index is 0.0730. The first-order valence-electron chi connectivity index (χ1n) is 7.58. The summed E-state index contributed by atoms with van der Waals surface area (Å²) in [5.41, 5.74) is 6.20. The van der Waals surface area contributed by atoms with Crippen molar-refractivity contribution in [2.24, 2.45) is 17.1 Å². The summed E-state index contributed by atoms with van der Waals surface area (Å²) in [6.07, 6.45) is 3.95. The lowest BCUT2D eigenvalue weighted by atomic mass is 9.93. The highest BCUT2D eigenvalue weighted by Gasteiger charge is 2.26. The molecular weight excluding hydrogens is 288 g/mol. The fourth-order valence-electron chi connectivity index (χ4n) is 2.35. The lowest BCUT2D eigenvalue weighted by Crippen LogP contribution is -2.42. The number of nitrogens with zero attached hydrogens (tertiary/aromatic N) is 3. The third-order valence-corrected chi connectivity index (χ3v) is 4.25. The Morgan fingerprint density at radius 3 is 2.71 bits per heavy atom. The van der Waals surface area contributed by atoms with E-state index in [1.165, 1.54) is 12.8 Å². The van der Waals surface area contributed by atoms with Gasteiger partial charge in [-0.05, 0) is 37.6 Å². The topological polar surface area (TPSA) is 64.2 Å². The molecule has 1 aromatic heterocycles. The van der Waals surface area contributed by atoms with Crippen molar-refractivity contribution >= 4 is 17.3 Å². The quantitative estimate of drug-likeness (QED) is 0.837. The zero-order chi connectivity index (χ0) is 15.6. The highest BCUT2D eigenvalue weighted by molar-refractivity contribution is 6.33. The van der Waals surface area contributed by atoms with Crippen LogP contribution >= 0.6 is 11.6 Å². The first-order chi connectivity index (χ1) is 9.88. The van der Waals surface area contributed by atoms with E-state index in [1.54, 1.807) is 10.9 Å². The van der Waals surface area contributed by atoms with Crippen LogP contribution in [-0.2, 0) is 6.54 Å². The Labute approximate surface area is 131 Å². The van der Waals surface area contributed by atoms with Gasteiger partial charge >= 0.3 is 0 Å². The van der Waals surface area contributed by atoms with Crippen LogP contribution in [0, 0.1) is 11.3 Å². The largest absolute Gasteiger partial charge is 0.365 e. The van der Waals surface area contributed by atoms with Crippen LogP contribution in [0.3, 0.4) is 0 Å². The normalized spacial score (nSPS) is 15.3. The fraction of sp³-hybridized carbons (Fsp3) is 0.733. The predicted octanol–water partition coefficient (Wildman–Crippen LogP) is 2.12. The number of nitrogens with two attached hydrogens (primary N) is 1. The third-order valence-electron chi connectivity index (χ3n) is 3.97. The van der Waals surface area contributed by atoms with Crippen LogP contribution < -0.4 is 16.2 Å². The molecule has 0 unspecified atom stereocenters. The second kappa shape index (κ2) is 6.36. The van der Waals surface area contributed by atoms with Gasteiger partial charge in [0.05, 0.1) is 11.2 Å². The summed E-state index contributed by atoms with van der Waals surface area (Å²) in [4.78, 5) is 14.7. The predicted molar refractivity (Wildman–Crippen MR) is 87.0 cm³/mol. The van der Waals surface area contributed by atoms with E-state index in [9.17, 15) is 4.79 Å². The van der Waals surface area contributed by atoms with Crippen molar-refractivity contribution in [1.82, 2.24) is 9.78 Å². The summed E-state index contributed by atoms with van der Waals surface area (Å²) in [5, 5.41) is 4.59. The van der Waals surface area contributed by atoms with Crippen molar-refractivity contribution in [2.45, 2.75) is 40.2 Å². The van der Waals surface area contributed by atoms with E-state index >= 15 is 0 Å². The SMILES string of the molecule is CCN(CC(C)(C)CN)c1c(Cl)cnn(CC2CC2)c1=O. The highest BCUT2D eigenvalue weighted by Crippen LogP contribution is 2.30. The molecule has 2 rings (SSSR count). The van der Waals surface area contributed by atoms with Gasteiger partial charge in [0.25, 0.3) is 5.56 Å². The van der Waals surface area contributed by atoms with Gasteiger partial charge in [0.2, 0.25) is 0 Å². The summed E-state index contributed by atoms with van der Waals surface area (Å²) in [5.74, 6) is 0.597. The van der Waals surface area contributed by atoms with Gasteiger partial charge in [0.1, 0.15) is 5.69 Å². The maximum atomic E-state index is 12.7. The molecule has 0 radical (unpaired) electrons. The van der Waals surface area contributed by atoms with Crippen molar-refractivity contribution < 1.29 is 0 Å². The van der Waals surface area contributed by atoms with Crippen LogP contribution in [0.4, 0.5) is 5.69 Å². The Morgan fingerprint density at radius 2 is 2.19 bits per heavy atom. The lowest BCUT2D eigenvalue weighted by Gasteiger charge is -2.32. The molecule has 21 heavy (non-hydrogen) atoms. The zero-order valence-corrected chi connectivity index (χ0v) is 13.9. The molecule has 0 aliphatic heterocycles. The van der Waals surface area contributed by atoms with Crippen molar-refractivity contribution in [3.63, 3.8) is 0 Å². The summed E-state index contributed by atoms with van der Waals surface area (Å²) >= 11 is 6.25. The summed E-state index contributed by atoms with van der Waals surface area (Å²) in [6, 6.07) is 0. The van der Waals surface area contributed by atoms with E-state index in [2.05, 4.69) is 18.9 Å². The van der Waals surface area contributed by atoms with E-state index in [0.29, 0.717) is 42.8 Å². The van der Waals surface area contributed by atoms with E-state index in [1.807, 2.05) is 11.8 Å². The van der Waals surface area contributed by atoms with Gasteiger partial charge < -0.3 is 10.6 Å². The van der Waals surface area contributed by atoms with Gasteiger partial charge in [-0.15, -0.1) is 0 Å². The van der Waals surface area contributed by atoms with E-state index in [4.69, 9.17) is 17.3 Å². The van der Waals surface area contributed by atoms with Crippen molar-refractivity contribution in [3.05, 3.63) is 21.6 Å². The fourth-order valence-corrected chi connectivity index (χ4v) is 2.59. The summed E-state index contributed by atoms with van der Waals surface area (Å²) in [6.45, 7) is 8.87. The van der Waals surface area contributed by atoms with Gasteiger partial charge in [-0.1, -0.05) is 25.4 Å². The highest BCUT2D eigenvalue weighted by atomic mass is 35.5. The smallest absolute Gasteiger partial charge is 0.291 e. The Morgan fingerprint density at radius 1 is 1.52 bits per heavy atom. The summed E-state index contributed by atoms with van der Waals surface area (Å²) < 4.78 is 1.55. The minimum atomic E-state index is -0.0935. The number of hydrogen-bond donors (Lipinski definition) is 1. The van der Waals surface area contributed by atoms with Crippen LogP contribution in [0.25, 0.3) is 0 Å². The average molecular weight is 313 g/mol. The second-order valence-electron chi connectivity index (χ2n) is 6.65. The molecule has 118 valence electrons. The van der Waals surface area contributed by atoms with Crippen LogP contribution in [0.15, 0.2) is 11.0 Å². The number of halogens is 1. The molecule has 0 aromatic carbocycles. The first kappa shape index (κ1) is 16.3. The van der Waals surface area contributed by atoms with Gasteiger partial charge in [0, 0.05) is 19.6 Å². The molecule has 0 spiro atoms. The van der Waals surface area contributed by atoms with E-state index in [0.717, 1.165) is 0 Å². The van der Waals surface area contributed by atoms with Crippen LogP contribution in [-0.4, -0.2) is 29.4 Å². The Balaban J connectivity index is 2.32.